The van der Waals surface area contributed by atoms with Crippen LogP contribution in [0.5, 0.6) is 0 Å². The molecule has 0 spiro atoms. The summed E-state index contributed by atoms with van der Waals surface area (Å²) in [6, 6.07) is 2.65. The van der Waals surface area contributed by atoms with E-state index < -0.39 is 45.8 Å². The molecule has 12 nitrogen and oxygen atoms in total. The first-order chi connectivity index (χ1) is 20.4. The quantitative estimate of drug-likeness (QED) is 0.155. The second kappa shape index (κ2) is 15.0. The lowest BCUT2D eigenvalue weighted by atomic mass is 9.91. The van der Waals surface area contributed by atoms with E-state index in [1.165, 1.54) is 28.5 Å². The first-order valence-electron chi connectivity index (χ1n) is 14.0. The Hall–Kier alpha value is -2.50. The van der Waals surface area contributed by atoms with Crippen LogP contribution in [0.2, 0.25) is 0 Å². The van der Waals surface area contributed by atoms with Crippen LogP contribution in [0.25, 0.3) is 0 Å². The third-order valence-electron chi connectivity index (χ3n) is 7.54. The van der Waals surface area contributed by atoms with Gasteiger partial charge in [0.05, 0.1) is 25.5 Å². The highest BCUT2D eigenvalue weighted by Gasteiger charge is 2.42. The summed E-state index contributed by atoms with van der Waals surface area (Å²) in [6.07, 6.45) is 4.94. The standard InChI is InChI=1S/C27H37BrFN7O5S2/c1-43(39,40)35-22(5-2-16-6-8-32-9-7-16)27(38)36-14-19(41-15-17-3-4-18(28)10-21(17)29)11-23(36)25(37)33-12-20-13-34-26(42-20)24(30)31/h3-4,10,13,16,19,22-23,32,35H,2,5-9,11-12,14-15H2,1H3,(H3,30,31)(H,33,37)/t19-,22-,23?/m1/s1. The molecule has 0 saturated carbocycles. The van der Waals surface area contributed by atoms with Crippen molar-refractivity contribution in [3.8, 4) is 0 Å². The van der Waals surface area contributed by atoms with E-state index >= 15 is 0 Å². The van der Waals surface area contributed by atoms with Gasteiger partial charge in [-0.1, -0.05) is 22.0 Å². The molecule has 3 heterocycles. The van der Waals surface area contributed by atoms with Crippen LogP contribution in [0.4, 0.5) is 4.39 Å². The van der Waals surface area contributed by atoms with Crippen molar-refractivity contribution in [3.05, 3.63) is 50.1 Å². The third kappa shape index (κ3) is 9.74. The Bertz CT molecular complexity index is 1420. The van der Waals surface area contributed by atoms with Crippen LogP contribution in [-0.4, -0.2) is 80.0 Å². The van der Waals surface area contributed by atoms with E-state index in [0.29, 0.717) is 38.7 Å². The lowest BCUT2D eigenvalue weighted by Crippen LogP contribution is -2.53. The second-order valence-corrected chi connectivity index (χ2v) is 14.7. The molecule has 2 saturated heterocycles. The van der Waals surface area contributed by atoms with Crippen LogP contribution in [0.3, 0.4) is 0 Å². The Morgan fingerprint density at radius 1 is 1.35 bits per heavy atom. The molecule has 0 aliphatic carbocycles. The largest absolute Gasteiger partial charge is 0.382 e. The number of amidine groups is 1. The van der Waals surface area contributed by atoms with E-state index in [1.54, 1.807) is 12.1 Å². The molecule has 0 radical (unpaired) electrons. The number of likely N-dealkylation sites (tertiary alicyclic amines) is 1. The smallest absolute Gasteiger partial charge is 0.243 e. The van der Waals surface area contributed by atoms with Gasteiger partial charge in [0.25, 0.3) is 0 Å². The number of carbonyl (C=O) groups is 2. The van der Waals surface area contributed by atoms with E-state index in [2.05, 4.69) is 36.3 Å². The van der Waals surface area contributed by atoms with Gasteiger partial charge in [-0.25, -0.2) is 22.5 Å². The van der Waals surface area contributed by atoms with Gasteiger partial charge >= 0.3 is 0 Å². The van der Waals surface area contributed by atoms with Gasteiger partial charge < -0.3 is 26.0 Å². The van der Waals surface area contributed by atoms with Crippen molar-refractivity contribution >= 4 is 54.9 Å². The van der Waals surface area contributed by atoms with Crippen molar-refractivity contribution in [3.63, 3.8) is 0 Å². The highest BCUT2D eigenvalue weighted by atomic mass is 79.9. The second-order valence-electron chi connectivity index (χ2n) is 10.9. The molecular weight excluding hydrogens is 665 g/mol. The molecule has 6 N–H and O–H groups in total. The first-order valence-corrected chi connectivity index (χ1v) is 17.5. The van der Waals surface area contributed by atoms with Gasteiger partial charge in [-0.15, -0.1) is 11.3 Å². The Labute approximate surface area is 263 Å². The lowest BCUT2D eigenvalue weighted by molar-refractivity contribution is -0.140. The van der Waals surface area contributed by atoms with Crippen molar-refractivity contribution in [2.45, 2.75) is 63.4 Å². The Morgan fingerprint density at radius 2 is 2.09 bits per heavy atom. The minimum absolute atomic E-state index is 0.0411. The van der Waals surface area contributed by atoms with Crippen LogP contribution in [0.1, 0.15) is 47.6 Å². The number of nitrogens with zero attached hydrogens (tertiary/aromatic N) is 2. The van der Waals surface area contributed by atoms with Crippen LogP contribution in [0, 0.1) is 17.1 Å². The molecule has 4 rings (SSSR count). The number of nitrogen functional groups attached to an aromatic ring is 1. The molecule has 1 aromatic carbocycles. The van der Waals surface area contributed by atoms with Gasteiger partial charge in [-0.3, -0.25) is 15.0 Å². The van der Waals surface area contributed by atoms with E-state index in [9.17, 15) is 22.4 Å². The van der Waals surface area contributed by atoms with E-state index in [-0.39, 0.29) is 32.0 Å². The van der Waals surface area contributed by atoms with E-state index in [4.69, 9.17) is 15.9 Å². The molecule has 236 valence electrons. The molecule has 2 amide bonds. The van der Waals surface area contributed by atoms with Crippen molar-refractivity contribution in [2.75, 3.05) is 25.9 Å². The molecule has 2 aliphatic heterocycles. The number of carbonyl (C=O) groups excluding carboxylic acids is 2. The number of hydrogen-bond donors (Lipinski definition) is 5. The van der Waals surface area contributed by atoms with Crippen LogP contribution < -0.4 is 21.1 Å². The predicted octanol–water partition coefficient (Wildman–Crippen LogP) is 1.83. The van der Waals surface area contributed by atoms with Crippen LogP contribution >= 0.6 is 27.3 Å². The van der Waals surface area contributed by atoms with Gasteiger partial charge in [-0.2, -0.15) is 0 Å². The van der Waals surface area contributed by atoms with Crippen molar-refractivity contribution < 1.29 is 27.1 Å². The van der Waals surface area contributed by atoms with Gasteiger partial charge in [0.2, 0.25) is 21.8 Å². The molecule has 0 bridgehead atoms. The number of nitrogens with one attached hydrogen (secondary N) is 4. The highest BCUT2D eigenvalue weighted by Crippen LogP contribution is 2.26. The molecule has 2 aliphatic rings. The number of aromatic nitrogens is 1. The summed E-state index contributed by atoms with van der Waals surface area (Å²) in [5.41, 5.74) is 5.82. The number of benzene rings is 1. The number of sulfonamides is 1. The molecular formula is C27H37BrFN7O5S2. The highest BCUT2D eigenvalue weighted by molar-refractivity contribution is 9.10. The number of amides is 2. The fourth-order valence-electron chi connectivity index (χ4n) is 5.33. The van der Waals surface area contributed by atoms with Gasteiger partial charge in [0.15, 0.2) is 10.8 Å². The maximum Gasteiger partial charge on any atom is 0.243 e. The van der Waals surface area contributed by atoms with Gasteiger partial charge in [0, 0.05) is 34.1 Å². The maximum atomic E-state index is 14.4. The fourth-order valence-corrected chi connectivity index (χ4v) is 7.11. The maximum absolute atomic E-state index is 14.4. The molecule has 2 aromatic rings. The number of piperidine rings is 1. The topological polar surface area (TPSA) is 180 Å². The van der Waals surface area contributed by atoms with Crippen molar-refractivity contribution in [2.24, 2.45) is 11.7 Å². The SMILES string of the molecule is CS(=O)(=O)N[C@H](CCC1CCNCC1)C(=O)N1C[C@H](OCc2ccc(Br)cc2F)CC1C(=O)NCc1cnc(C(=N)N)s1. The zero-order valence-corrected chi connectivity index (χ0v) is 27.0. The van der Waals surface area contributed by atoms with Crippen LogP contribution in [-0.2, 0) is 37.5 Å². The summed E-state index contributed by atoms with van der Waals surface area (Å²) in [5.74, 6) is -1.20. The molecule has 16 heteroatoms. The minimum atomic E-state index is -3.73. The number of halogens is 2. The lowest BCUT2D eigenvalue weighted by Gasteiger charge is -2.29. The monoisotopic (exact) mass is 701 g/mol. The third-order valence-corrected chi connectivity index (χ3v) is 9.77. The fraction of sp³-hybridized carbons (Fsp3) is 0.556. The number of thiazole rings is 1. The average molecular weight is 703 g/mol. The predicted molar refractivity (Wildman–Crippen MR) is 164 cm³/mol. The Kier molecular flexibility index (Phi) is 11.6. The summed E-state index contributed by atoms with van der Waals surface area (Å²) in [5, 5.41) is 14.0. The molecule has 3 atom stereocenters. The van der Waals surface area contributed by atoms with E-state index in [0.717, 1.165) is 32.2 Å². The zero-order valence-electron chi connectivity index (χ0n) is 23.8. The minimum Gasteiger partial charge on any atom is -0.382 e. The number of nitrogens with two attached hydrogens (primary N) is 1. The average Bonchev–Trinajstić information content (AvgIpc) is 3.61. The summed E-state index contributed by atoms with van der Waals surface area (Å²) < 4.78 is 48.0. The van der Waals surface area contributed by atoms with Crippen molar-refractivity contribution in [1.82, 2.24) is 25.2 Å². The van der Waals surface area contributed by atoms with Crippen molar-refractivity contribution in [1.29, 1.82) is 5.41 Å². The summed E-state index contributed by atoms with van der Waals surface area (Å²) >= 11 is 4.40. The van der Waals surface area contributed by atoms with Gasteiger partial charge in [-0.05, 0) is 56.8 Å². The first kappa shape index (κ1) is 33.4. The van der Waals surface area contributed by atoms with Crippen LogP contribution in [0.15, 0.2) is 28.9 Å². The molecule has 1 unspecified atom stereocenters. The summed E-state index contributed by atoms with van der Waals surface area (Å²) in [7, 11) is -3.73. The molecule has 2 fully saturated rings. The number of rotatable bonds is 13. The summed E-state index contributed by atoms with van der Waals surface area (Å²) in [6.45, 7) is 1.85. The normalized spacial score (nSPS) is 20.2. The zero-order chi connectivity index (χ0) is 31.1. The number of hydrogen-bond acceptors (Lipinski definition) is 9. The summed E-state index contributed by atoms with van der Waals surface area (Å²) in [4.78, 5) is 33.5. The molecule has 43 heavy (non-hydrogen) atoms. The Balaban J connectivity index is 1.49. The number of ether oxygens (including phenoxy) is 1. The molecule has 1 aromatic heterocycles. The van der Waals surface area contributed by atoms with E-state index in [1.807, 2.05) is 0 Å². The Morgan fingerprint density at radius 3 is 2.74 bits per heavy atom. The van der Waals surface area contributed by atoms with Gasteiger partial charge in [0.1, 0.15) is 17.9 Å².